The molecular formula is C16H15ClFNO2. The van der Waals surface area contributed by atoms with Crippen LogP contribution < -0.4 is 5.32 Å². The lowest BCUT2D eigenvalue weighted by molar-refractivity contribution is 0.0696. The third kappa shape index (κ3) is 3.80. The molecule has 0 aliphatic heterocycles. The summed E-state index contributed by atoms with van der Waals surface area (Å²) in [6.45, 7) is 2.14. The highest BCUT2D eigenvalue weighted by atomic mass is 35.5. The van der Waals surface area contributed by atoms with Crippen LogP contribution in [0.15, 0.2) is 42.5 Å². The number of carboxylic acid groups (broad SMARTS) is 1. The van der Waals surface area contributed by atoms with Gasteiger partial charge in [-0.3, -0.25) is 0 Å². The Morgan fingerprint density at radius 2 is 2.05 bits per heavy atom. The average molecular weight is 308 g/mol. The summed E-state index contributed by atoms with van der Waals surface area (Å²) in [5.74, 6) is -1.51. The molecule has 21 heavy (non-hydrogen) atoms. The number of hydrogen-bond acceptors (Lipinski definition) is 2. The smallest absolute Gasteiger partial charge is 0.335 e. The number of rotatable bonds is 5. The molecular weight excluding hydrogens is 293 g/mol. The monoisotopic (exact) mass is 307 g/mol. The molecule has 2 rings (SSSR count). The van der Waals surface area contributed by atoms with E-state index in [0.717, 1.165) is 5.56 Å². The van der Waals surface area contributed by atoms with Gasteiger partial charge in [-0.2, -0.15) is 0 Å². The Morgan fingerprint density at radius 3 is 2.71 bits per heavy atom. The van der Waals surface area contributed by atoms with Crippen LogP contribution in [0.5, 0.6) is 0 Å². The van der Waals surface area contributed by atoms with Crippen LogP contribution in [0.4, 0.5) is 4.39 Å². The summed E-state index contributed by atoms with van der Waals surface area (Å²) in [7, 11) is 0. The number of benzene rings is 2. The van der Waals surface area contributed by atoms with Crippen LogP contribution in [0.1, 0.15) is 34.5 Å². The lowest BCUT2D eigenvalue weighted by atomic mass is 10.1. The maximum absolute atomic E-state index is 13.7. The summed E-state index contributed by atoms with van der Waals surface area (Å²) in [5, 5.41) is 12.7. The van der Waals surface area contributed by atoms with Gasteiger partial charge in [-0.05, 0) is 36.8 Å². The summed E-state index contributed by atoms with van der Waals surface area (Å²) in [6, 6.07) is 11.1. The quantitative estimate of drug-likeness (QED) is 0.877. The molecule has 0 bridgehead atoms. The SMILES string of the molecule is CC(NCc1cc(C(=O)O)ccc1F)c1ccccc1Cl. The molecule has 0 heterocycles. The Morgan fingerprint density at radius 1 is 1.33 bits per heavy atom. The Bertz CT molecular complexity index is 660. The van der Waals surface area contributed by atoms with E-state index in [1.54, 1.807) is 6.07 Å². The van der Waals surface area contributed by atoms with Crippen molar-refractivity contribution in [1.82, 2.24) is 5.32 Å². The van der Waals surface area contributed by atoms with E-state index in [0.29, 0.717) is 10.6 Å². The van der Waals surface area contributed by atoms with E-state index >= 15 is 0 Å². The highest BCUT2D eigenvalue weighted by Crippen LogP contribution is 2.22. The third-order valence-electron chi connectivity index (χ3n) is 3.26. The first-order chi connectivity index (χ1) is 9.99. The zero-order valence-electron chi connectivity index (χ0n) is 11.4. The second kappa shape index (κ2) is 6.70. The molecule has 0 aromatic heterocycles. The second-order valence-electron chi connectivity index (χ2n) is 4.74. The molecule has 0 radical (unpaired) electrons. The van der Waals surface area contributed by atoms with Gasteiger partial charge in [-0.1, -0.05) is 29.8 Å². The number of nitrogens with one attached hydrogen (secondary N) is 1. The van der Waals surface area contributed by atoms with Crippen molar-refractivity contribution < 1.29 is 14.3 Å². The fourth-order valence-electron chi connectivity index (χ4n) is 2.04. The van der Waals surface area contributed by atoms with Crippen molar-refractivity contribution in [2.75, 3.05) is 0 Å². The second-order valence-corrected chi connectivity index (χ2v) is 5.14. The number of aromatic carboxylic acids is 1. The minimum atomic E-state index is -1.07. The molecule has 0 saturated carbocycles. The average Bonchev–Trinajstić information content (AvgIpc) is 2.46. The molecule has 1 atom stereocenters. The largest absolute Gasteiger partial charge is 0.478 e. The van der Waals surface area contributed by atoms with E-state index < -0.39 is 11.8 Å². The number of carbonyl (C=O) groups is 1. The zero-order valence-corrected chi connectivity index (χ0v) is 12.2. The topological polar surface area (TPSA) is 49.3 Å². The molecule has 1 unspecified atom stereocenters. The summed E-state index contributed by atoms with van der Waals surface area (Å²) >= 11 is 6.11. The molecule has 0 saturated heterocycles. The zero-order chi connectivity index (χ0) is 15.4. The van der Waals surface area contributed by atoms with E-state index in [2.05, 4.69) is 5.32 Å². The van der Waals surface area contributed by atoms with Gasteiger partial charge in [0.1, 0.15) is 5.82 Å². The van der Waals surface area contributed by atoms with Crippen LogP contribution >= 0.6 is 11.6 Å². The van der Waals surface area contributed by atoms with Crippen molar-refractivity contribution in [2.45, 2.75) is 19.5 Å². The van der Waals surface area contributed by atoms with Crippen LogP contribution in [-0.4, -0.2) is 11.1 Å². The van der Waals surface area contributed by atoms with Crippen molar-refractivity contribution in [2.24, 2.45) is 0 Å². The molecule has 2 aromatic carbocycles. The van der Waals surface area contributed by atoms with Gasteiger partial charge >= 0.3 is 5.97 Å². The molecule has 0 spiro atoms. The van der Waals surface area contributed by atoms with E-state index in [4.69, 9.17) is 16.7 Å². The van der Waals surface area contributed by atoms with Crippen molar-refractivity contribution in [3.8, 4) is 0 Å². The fraction of sp³-hybridized carbons (Fsp3) is 0.188. The summed E-state index contributed by atoms with van der Waals surface area (Å²) < 4.78 is 13.7. The Labute approximate surface area is 127 Å². The molecule has 0 aliphatic rings. The molecule has 2 N–H and O–H groups in total. The number of hydrogen-bond donors (Lipinski definition) is 2. The molecule has 5 heteroatoms. The maximum atomic E-state index is 13.7. The van der Waals surface area contributed by atoms with Crippen LogP contribution in [0.2, 0.25) is 5.02 Å². The highest BCUT2D eigenvalue weighted by Gasteiger charge is 2.12. The van der Waals surface area contributed by atoms with Crippen LogP contribution in [-0.2, 0) is 6.54 Å². The Balaban J connectivity index is 2.11. The molecule has 110 valence electrons. The van der Waals surface area contributed by atoms with Crippen molar-refractivity contribution >= 4 is 17.6 Å². The molecule has 0 amide bonds. The third-order valence-corrected chi connectivity index (χ3v) is 3.61. The van der Waals surface area contributed by atoms with Gasteiger partial charge < -0.3 is 10.4 Å². The van der Waals surface area contributed by atoms with E-state index in [1.807, 2.05) is 25.1 Å². The highest BCUT2D eigenvalue weighted by molar-refractivity contribution is 6.31. The predicted molar refractivity (Wildman–Crippen MR) is 80.1 cm³/mol. The predicted octanol–water partition coefficient (Wildman–Crippen LogP) is 4.03. The van der Waals surface area contributed by atoms with Crippen LogP contribution in [0.25, 0.3) is 0 Å². The van der Waals surface area contributed by atoms with Crippen LogP contribution in [0.3, 0.4) is 0 Å². The Hall–Kier alpha value is -1.91. The van der Waals surface area contributed by atoms with Gasteiger partial charge in [0.2, 0.25) is 0 Å². The van der Waals surface area contributed by atoms with Gasteiger partial charge in [0.25, 0.3) is 0 Å². The molecule has 2 aromatic rings. The van der Waals surface area contributed by atoms with Gasteiger partial charge in [0, 0.05) is 23.2 Å². The van der Waals surface area contributed by atoms with E-state index in [1.165, 1.54) is 18.2 Å². The standard InChI is InChI=1S/C16H15ClFNO2/c1-10(13-4-2-3-5-14(13)17)19-9-12-8-11(16(20)21)6-7-15(12)18/h2-8,10,19H,9H2,1H3,(H,20,21). The van der Waals surface area contributed by atoms with E-state index in [-0.39, 0.29) is 18.2 Å². The Kier molecular flexibility index (Phi) is 4.94. The van der Waals surface area contributed by atoms with Crippen molar-refractivity contribution in [3.05, 3.63) is 70.0 Å². The summed E-state index contributed by atoms with van der Waals surface area (Å²) in [6.07, 6.45) is 0. The van der Waals surface area contributed by atoms with Crippen molar-refractivity contribution in [3.63, 3.8) is 0 Å². The first-order valence-electron chi connectivity index (χ1n) is 6.48. The normalized spacial score (nSPS) is 12.1. The lowest BCUT2D eigenvalue weighted by Gasteiger charge is -2.16. The van der Waals surface area contributed by atoms with Gasteiger partial charge in [-0.25, -0.2) is 9.18 Å². The van der Waals surface area contributed by atoms with Crippen molar-refractivity contribution in [1.29, 1.82) is 0 Å². The molecule has 3 nitrogen and oxygen atoms in total. The summed E-state index contributed by atoms with van der Waals surface area (Å²) in [5.41, 5.74) is 1.29. The van der Waals surface area contributed by atoms with Crippen LogP contribution in [0, 0.1) is 5.82 Å². The first-order valence-corrected chi connectivity index (χ1v) is 6.86. The minimum absolute atomic E-state index is 0.0681. The number of halogens is 2. The number of carboxylic acids is 1. The van der Waals surface area contributed by atoms with Gasteiger partial charge in [0.05, 0.1) is 5.56 Å². The lowest BCUT2D eigenvalue weighted by Crippen LogP contribution is -2.19. The van der Waals surface area contributed by atoms with Gasteiger partial charge in [-0.15, -0.1) is 0 Å². The summed E-state index contributed by atoms with van der Waals surface area (Å²) in [4.78, 5) is 10.9. The minimum Gasteiger partial charge on any atom is -0.478 e. The molecule has 0 aliphatic carbocycles. The molecule has 0 fully saturated rings. The fourth-order valence-corrected chi connectivity index (χ4v) is 2.34. The maximum Gasteiger partial charge on any atom is 0.335 e. The van der Waals surface area contributed by atoms with E-state index in [9.17, 15) is 9.18 Å². The van der Waals surface area contributed by atoms with Gasteiger partial charge in [0.15, 0.2) is 0 Å². The first kappa shape index (κ1) is 15.5.